The molecule has 1 rings (SSSR count). The molecule has 0 spiro atoms. The lowest BCUT2D eigenvalue weighted by Crippen LogP contribution is -2.66. The van der Waals surface area contributed by atoms with Gasteiger partial charge in [0.05, 0.1) is 6.61 Å². The number of aliphatic hydroxyl groups is 1. The van der Waals surface area contributed by atoms with E-state index in [0.29, 0.717) is 51.7 Å². The van der Waals surface area contributed by atoms with Gasteiger partial charge in [-0.2, -0.15) is 0 Å². The Labute approximate surface area is 501 Å². The summed E-state index contributed by atoms with van der Waals surface area (Å²) < 4.78 is 0. The Balaban J connectivity index is 3.37. The molecular weight excluding hydrogens is 1080 g/mol. The molecular formula is C61H111N11O12. The van der Waals surface area contributed by atoms with Gasteiger partial charge in [-0.3, -0.25) is 52.7 Å². The fraction of sp³-hybridized carbons (Fsp3) is 0.820. The first-order valence-electron chi connectivity index (χ1n) is 31.2. The number of amides is 10. The molecule has 0 aliphatic carbocycles. The minimum atomic E-state index is -1.68. The highest BCUT2D eigenvalue weighted by Gasteiger charge is 2.42. The van der Waals surface area contributed by atoms with Crippen molar-refractivity contribution in [1.29, 1.82) is 0 Å². The van der Waals surface area contributed by atoms with Crippen LogP contribution in [0.2, 0.25) is 0 Å². The van der Waals surface area contributed by atoms with Crippen molar-refractivity contribution in [3.05, 3.63) is 0 Å². The molecule has 0 bridgehead atoms. The second kappa shape index (κ2) is 38.4. The number of aliphatic hydroxyl groups excluding tert-OH is 1. The fourth-order valence-electron chi connectivity index (χ4n) is 9.58. The molecule has 11 N–H and O–H groups in total. The zero-order valence-corrected chi connectivity index (χ0v) is 53.8. The van der Waals surface area contributed by atoms with Gasteiger partial charge in [0.1, 0.15) is 58.7 Å². The summed E-state index contributed by atoms with van der Waals surface area (Å²) in [6, 6.07) is -6.63. The number of hydrogen-bond donors (Lipinski definition) is 11. The standard InChI is InChI=1S/C61H111N11O12/c1-16-19-21-22-23-24-30-44(51(77)66-47(37-40(6)7)54(80)70-59(10,11)56(82)68-46(36-39(4)5)52(78)64-42(9)50(76)63-41(8)38-62-33-35-73)67-57(83)60(12,13)71-58(84)61(14,15)69-53(79)45(31-25-29-43(74)28-20-17-2)65-55(81)48-32-26-34-72(48)49(75)27-18-3/h39-42,44-48,62,73H,16-38H2,1-15H3,(H,63,76)(H,64,78)(H,65,81)(H,66,77)(H,67,83)(H,68,82)(H,69,79)(H,70,80)(H,71,84)/t41-,42-,44-,45-,46-,47-,48?/m0/s1. The highest BCUT2D eigenvalue weighted by Crippen LogP contribution is 2.21. The van der Waals surface area contributed by atoms with Crippen LogP contribution in [0.25, 0.3) is 0 Å². The Morgan fingerprint density at radius 1 is 0.500 bits per heavy atom. The maximum Gasteiger partial charge on any atom is 0.246 e. The van der Waals surface area contributed by atoms with Gasteiger partial charge in [0, 0.05) is 44.9 Å². The molecule has 1 fully saturated rings. The van der Waals surface area contributed by atoms with Crippen molar-refractivity contribution < 1.29 is 57.8 Å². The molecule has 1 saturated heterocycles. The number of carbonyl (C=O) groups is 11. The molecule has 1 aliphatic heterocycles. The van der Waals surface area contributed by atoms with Gasteiger partial charge in [-0.25, -0.2) is 0 Å². The lowest BCUT2D eigenvalue weighted by Gasteiger charge is -2.34. The molecule has 23 heteroatoms. The van der Waals surface area contributed by atoms with Crippen molar-refractivity contribution in [2.75, 3.05) is 26.2 Å². The van der Waals surface area contributed by atoms with Crippen molar-refractivity contribution in [3.63, 3.8) is 0 Å². The van der Waals surface area contributed by atoms with Crippen LogP contribution < -0.4 is 53.2 Å². The highest BCUT2D eigenvalue weighted by molar-refractivity contribution is 6.00. The Morgan fingerprint density at radius 2 is 0.988 bits per heavy atom. The van der Waals surface area contributed by atoms with E-state index in [0.717, 1.165) is 44.9 Å². The number of rotatable bonds is 42. The van der Waals surface area contributed by atoms with E-state index < -0.39 is 106 Å². The molecule has 0 aromatic carbocycles. The van der Waals surface area contributed by atoms with Crippen LogP contribution in [0, 0.1) is 11.8 Å². The normalized spacial score (nSPS) is 15.8. The quantitative estimate of drug-likeness (QED) is 0.0389. The van der Waals surface area contributed by atoms with E-state index in [-0.39, 0.29) is 81.1 Å². The van der Waals surface area contributed by atoms with E-state index in [2.05, 4.69) is 60.1 Å². The summed E-state index contributed by atoms with van der Waals surface area (Å²) in [5.74, 6) is -6.12. The van der Waals surface area contributed by atoms with Gasteiger partial charge >= 0.3 is 0 Å². The second-order valence-electron chi connectivity index (χ2n) is 25.4. The van der Waals surface area contributed by atoms with Gasteiger partial charge in [0.15, 0.2) is 0 Å². The number of unbranched alkanes of at least 4 members (excludes halogenated alkanes) is 6. The third-order valence-electron chi connectivity index (χ3n) is 14.7. The molecule has 1 heterocycles. The van der Waals surface area contributed by atoms with Crippen LogP contribution in [-0.2, 0) is 52.7 Å². The monoisotopic (exact) mass is 1190 g/mol. The van der Waals surface area contributed by atoms with Gasteiger partial charge < -0.3 is 63.2 Å². The molecule has 1 aliphatic rings. The van der Waals surface area contributed by atoms with Crippen LogP contribution in [0.15, 0.2) is 0 Å². The summed E-state index contributed by atoms with van der Waals surface area (Å²) in [6.07, 6.45) is 10.2. The molecule has 84 heavy (non-hydrogen) atoms. The average molecular weight is 1190 g/mol. The molecule has 0 aromatic rings. The number of carbonyl (C=O) groups excluding carboxylic acids is 11. The van der Waals surface area contributed by atoms with E-state index in [9.17, 15) is 52.7 Å². The lowest BCUT2D eigenvalue weighted by atomic mass is 9.96. The van der Waals surface area contributed by atoms with Crippen LogP contribution in [0.5, 0.6) is 0 Å². The predicted octanol–water partition coefficient (Wildman–Crippen LogP) is 3.76. The fourth-order valence-corrected chi connectivity index (χ4v) is 9.58. The van der Waals surface area contributed by atoms with Crippen molar-refractivity contribution in [1.82, 2.24) is 58.1 Å². The van der Waals surface area contributed by atoms with Gasteiger partial charge in [-0.15, -0.1) is 0 Å². The van der Waals surface area contributed by atoms with E-state index in [1.807, 2.05) is 41.5 Å². The summed E-state index contributed by atoms with van der Waals surface area (Å²) in [5, 5.41) is 36.9. The SMILES string of the molecule is CCCCCCCC[C@H](NC(=O)C(C)(C)NC(=O)C(C)(C)NC(=O)[C@H](CCCC(=O)CCCC)NC(=O)C1CCCN1C(=O)CCC)C(=O)N[C@@H](CC(C)C)C(=O)NC(C)(C)C(=O)N[C@@H](CC(C)C)C(=O)N[C@@H](C)C(=O)N[C@@H](C)CNCCO. The first-order valence-corrected chi connectivity index (χ1v) is 31.2. The molecule has 1 unspecified atom stereocenters. The van der Waals surface area contributed by atoms with Crippen LogP contribution in [0.4, 0.5) is 0 Å². The Bertz CT molecular complexity index is 2150. The minimum Gasteiger partial charge on any atom is -0.395 e. The van der Waals surface area contributed by atoms with Gasteiger partial charge in [0.25, 0.3) is 0 Å². The summed E-state index contributed by atoms with van der Waals surface area (Å²) in [6.45, 7) is 26.5. The van der Waals surface area contributed by atoms with E-state index in [1.54, 1.807) is 6.92 Å². The molecule has 23 nitrogen and oxygen atoms in total. The molecule has 10 amide bonds. The molecule has 482 valence electrons. The average Bonchev–Trinajstić information content (AvgIpc) is 4.08. The number of ketones is 1. The third kappa shape index (κ3) is 28.5. The Morgan fingerprint density at radius 3 is 1.56 bits per heavy atom. The van der Waals surface area contributed by atoms with Gasteiger partial charge in [0.2, 0.25) is 59.1 Å². The smallest absolute Gasteiger partial charge is 0.246 e. The van der Waals surface area contributed by atoms with E-state index in [4.69, 9.17) is 5.11 Å². The number of hydrogen-bond acceptors (Lipinski definition) is 13. The van der Waals surface area contributed by atoms with Gasteiger partial charge in [-0.1, -0.05) is 93.4 Å². The zero-order valence-electron chi connectivity index (χ0n) is 53.8. The number of Topliss-reactive ketones (excluding diaryl/α,β-unsaturated/α-hetero) is 1. The number of likely N-dealkylation sites (tertiary alicyclic amines) is 1. The maximum absolute atomic E-state index is 14.4. The highest BCUT2D eigenvalue weighted by atomic mass is 16.3. The first-order chi connectivity index (χ1) is 39.3. The third-order valence-corrected chi connectivity index (χ3v) is 14.7. The lowest BCUT2D eigenvalue weighted by molar-refractivity contribution is -0.141. The molecule has 0 saturated carbocycles. The number of nitrogens with one attached hydrogen (secondary N) is 10. The maximum atomic E-state index is 14.4. The largest absolute Gasteiger partial charge is 0.395 e. The van der Waals surface area contributed by atoms with Crippen LogP contribution in [0.1, 0.15) is 226 Å². The number of nitrogens with zero attached hydrogens (tertiary/aromatic N) is 1. The second-order valence-corrected chi connectivity index (χ2v) is 25.4. The van der Waals surface area contributed by atoms with E-state index in [1.165, 1.54) is 53.4 Å². The predicted molar refractivity (Wildman–Crippen MR) is 324 cm³/mol. The van der Waals surface area contributed by atoms with Crippen molar-refractivity contribution in [2.24, 2.45) is 11.8 Å². The summed E-state index contributed by atoms with van der Waals surface area (Å²) in [5.41, 5.74) is -4.97. The van der Waals surface area contributed by atoms with Crippen LogP contribution in [-0.4, -0.2) is 160 Å². The summed E-state index contributed by atoms with van der Waals surface area (Å²) >= 11 is 0. The topological polar surface area (TPSA) is 332 Å². The van der Waals surface area contributed by atoms with E-state index >= 15 is 0 Å². The minimum absolute atomic E-state index is 0.0341. The molecule has 0 radical (unpaired) electrons. The van der Waals surface area contributed by atoms with Gasteiger partial charge in [-0.05, 0) is 125 Å². The Hall–Kier alpha value is -5.71. The summed E-state index contributed by atoms with van der Waals surface area (Å²) in [4.78, 5) is 153. The van der Waals surface area contributed by atoms with Crippen molar-refractivity contribution in [3.8, 4) is 0 Å². The molecule has 0 aromatic heterocycles. The Kier molecular flexibility index (Phi) is 34.8. The zero-order chi connectivity index (χ0) is 64.0. The first kappa shape index (κ1) is 76.3. The summed E-state index contributed by atoms with van der Waals surface area (Å²) in [7, 11) is 0. The van der Waals surface area contributed by atoms with Crippen molar-refractivity contribution >= 4 is 64.9 Å². The molecule has 7 atom stereocenters. The van der Waals surface area contributed by atoms with Crippen molar-refractivity contribution in [2.45, 2.75) is 285 Å². The van der Waals surface area contributed by atoms with Crippen LogP contribution >= 0.6 is 0 Å². The van der Waals surface area contributed by atoms with Crippen LogP contribution in [0.3, 0.4) is 0 Å².